The van der Waals surface area contributed by atoms with Gasteiger partial charge in [0.15, 0.2) is 0 Å². The van der Waals surface area contributed by atoms with Crippen LogP contribution < -0.4 is 10.6 Å². The number of hydrogen-bond donors (Lipinski definition) is 1. The van der Waals surface area contributed by atoms with E-state index in [1.807, 2.05) is 19.1 Å². The topological polar surface area (TPSA) is 74.0 Å². The predicted octanol–water partition coefficient (Wildman–Crippen LogP) is 2.96. The lowest BCUT2D eigenvalue weighted by Gasteiger charge is -2.36. The molecule has 0 spiro atoms. The molecule has 0 aliphatic carbocycles. The van der Waals surface area contributed by atoms with Crippen LogP contribution in [0.3, 0.4) is 0 Å². The third-order valence-electron chi connectivity index (χ3n) is 4.84. The fourth-order valence-electron chi connectivity index (χ4n) is 3.58. The molecule has 1 heterocycles. The molecule has 0 bridgehead atoms. The van der Waals surface area contributed by atoms with Gasteiger partial charge in [0.05, 0.1) is 43.7 Å². The number of hydrogen-bond acceptors (Lipinski definition) is 6. The van der Waals surface area contributed by atoms with E-state index in [4.69, 9.17) is 19.9 Å². The summed E-state index contributed by atoms with van der Waals surface area (Å²) in [5.74, 6) is -0.282. The summed E-state index contributed by atoms with van der Waals surface area (Å²) >= 11 is 0. The number of anilines is 2. The van der Waals surface area contributed by atoms with Crippen molar-refractivity contribution in [3.8, 4) is 0 Å². The fourth-order valence-corrected chi connectivity index (χ4v) is 3.58. The maximum atomic E-state index is 11.9. The van der Waals surface area contributed by atoms with Gasteiger partial charge in [0, 0.05) is 26.2 Å². The predicted molar refractivity (Wildman–Crippen MR) is 104 cm³/mol. The normalized spacial score (nSPS) is 18.3. The number of nitrogen functional groups attached to an aromatic ring is 1. The van der Waals surface area contributed by atoms with Crippen LogP contribution in [-0.4, -0.2) is 52.1 Å². The van der Waals surface area contributed by atoms with E-state index in [0.29, 0.717) is 19.3 Å². The molecule has 1 aliphatic heterocycles. The van der Waals surface area contributed by atoms with E-state index < -0.39 is 0 Å². The van der Waals surface area contributed by atoms with Gasteiger partial charge in [-0.15, -0.1) is 0 Å². The van der Waals surface area contributed by atoms with Crippen molar-refractivity contribution in [1.29, 1.82) is 0 Å². The van der Waals surface area contributed by atoms with Crippen LogP contribution in [0.1, 0.15) is 44.6 Å². The molecule has 0 saturated carbocycles. The molecule has 1 aliphatic rings. The highest BCUT2D eigenvalue weighted by Gasteiger charge is 2.23. The Hall–Kier alpha value is -1.79. The summed E-state index contributed by atoms with van der Waals surface area (Å²) < 4.78 is 16.0. The van der Waals surface area contributed by atoms with Crippen LogP contribution in [0.2, 0.25) is 0 Å². The summed E-state index contributed by atoms with van der Waals surface area (Å²) in [7, 11) is 1.64. The van der Waals surface area contributed by atoms with Crippen LogP contribution in [0.25, 0.3) is 0 Å². The lowest BCUT2D eigenvalue weighted by atomic mass is 9.95. The minimum atomic E-state index is -0.216. The molecule has 2 N–H and O–H groups in total. The Bertz CT molecular complexity index is 573. The molecule has 6 nitrogen and oxygen atoms in total. The average Bonchev–Trinajstić information content (AvgIpc) is 2.64. The number of likely N-dealkylation sites (N-methyl/N-ethyl adjacent to an activating group) is 1. The van der Waals surface area contributed by atoms with Gasteiger partial charge in [-0.1, -0.05) is 6.07 Å². The molecule has 0 radical (unpaired) electrons. The summed E-state index contributed by atoms with van der Waals surface area (Å²) in [6.45, 7) is 7.24. The van der Waals surface area contributed by atoms with E-state index >= 15 is 0 Å². The summed E-state index contributed by atoms with van der Waals surface area (Å²) in [5, 5.41) is 0. The Morgan fingerprint density at radius 3 is 2.81 bits per heavy atom. The Labute approximate surface area is 156 Å². The molecule has 2 atom stereocenters. The minimum absolute atomic E-state index is 0.0662. The van der Waals surface area contributed by atoms with Gasteiger partial charge >= 0.3 is 5.97 Å². The van der Waals surface area contributed by atoms with E-state index in [2.05, 4.69) is 17.9 Å². The second kappa shape index (κ2) is 10.4. The van der Waals surface area contributed by atoms with Crippen LogP contribution in [0, 0.1) is 0 Å². The summed E-state index contributed by atoms with van der Waals surface area (Å²) in [4.78, 5) is 14.2. The molecule has 1 aromatic carbocycles. The first-order valence-corrected chi connectivity index (χ1v) is 9.49. The number of methoxy groups -OCH3 is 1. The van der Waals surface area contributed by atoms with Crippen molar-refractivity contribution in [3.05, 3.63) is 23.8 Å². The zero-order valence-corrected chi connectivity index (χ0v) is 16.2. The van der Waals surface area contributed by atoms with E-state index in [0.717, 1.165) is 49.5 Å². The van der Waals surface area contributed by atoms with Crippen LogP contribution >= 0.6 is 0 Å². The maximum absolute atomic E-state index is 11.9. The van der Waals surface area contributed by atoms with Gasteiger partial charge in [0.1, 0.15) is 0 Å². The molecule has 2 unspecified atom stereocenters. The van der Waals surface area contributed by atoms with Crippen molar-refractivity contribution in [3.63, 3.8) is 0 Å². The van der Waals surface area contributed by atoms with Gasteiger partial charge in [0.25, 0.3) is 0 Å². The first-order chi connectivity index (χ1) is 12.6. The van der Waals surface area contributed by atoms with Crippen molar-refractivity contribution in [2.24, 2.45) is 0 Å². The summed E-state index contributed by atoms with van der Waals surface area (Å²) in [6.07, 6.45) is 2.48. The fraction of sp³-hybridized carbons (Fsp3) is 0.650. The third-order valence-corrected chi connectivity index (χ3v) is 4.84. The van der Waals surface area contributed by atoms with Crippen LogP contribution in [0.4, 0.5) is 11.4 Å². The van der Waals surface area contributed by atoms with Crippen LogP contribution in [-0.2, 0) is 19.0 Å². The Kier molecular flexibility index (Phi) is 8.19. The molecular weight excluding hydrogens is 332 g/mol. The molecule has 0 aromatic heterocycles. The third kappa shape index (κ3) is 5.35. The summed E-state index contributed by atoms with van der Waals surface area (Å²) in [6, 6.07) is 6.42. The largest absolute Gasteiger partial charge is 0.466 e. The first kappa shape index (κ1) is 20.5. The van der Waals surface area contributed by atoms with Crippen molar-refractivity contribution < 1.29 is 19.0 Å². The second-order valence-electron chi connectivity index (χ2n) is 6.64. The van der Waals surface area contributed by atoms with Crippen molar-refractivity contribution in [1.82, 2.24) is 0 Å². The lowest BCUT2D eigenvalue weighted by Crippen LogP contribution is -2.41. The van der Waals surface area contributed by atoms with Gasteiger partial charge in [0.2, 0.25) is 0 Å². The number of benzene rings is 1. The second-order valence-corrected chi connectivity index (χ2v) is 6.64. The highest BCUT2D eigenvalue weighted by molar-refractivity contribution is 5.72. The van der Waals surface area contributed by atoms with E-state index in [1.54, 1.807) is 7.11 Å². The number of carbonyl (C=O) groups is 1. The smallest absolute Gasteiger partial charge is 0.306 e. The van der Waals surface area contributed by atoms with Gasteiger partial charge in [-0.3, -0.25) is 4.79 Å². The average molecular weight is 364 g/mol. The molecule has 26 heavy (non-hydrogen) atoms. The van der Waals surface area contributed by atoms with Crippen molar-refractivity contribution >= 4 is 17.3 Å². The minimum Gasteiger partial charge on any atom is -0.466 e. The number of nitrogens with zero attached hydrogens (tertiary/aromatic N) is 1. The molecule has 1 saturated heterocycles. The number of rotatable bonds is 9. The number of carbonyl (C=O) groups excluding carboxylic acids is 1. The van der Waals surface area contributed by atoms with Gasteiger partial charge in [-0.2, -0.15) is 0 Å². The number of esters is 1. The molecule has 146 valence electrons. The molecule has 6 heteroatoms. The Balaban J connectivity index is 2.18. The highest BCUT2D eigenvalue weighted by Crippen LogP contribution is 2.32. The number of ether oxygens (including phenoxy) is 3. The molecular formula is C20H32N2O4. The van der Waals surface area contributed by atoms with E-state index in [1.165, 1.54) is 0 Å². The standard InChI is InChI=1S/C20H32N2O4/c1-4-22(17-7-6-10-25-14-17)19-9-8-15(11-18(19)21)16(13-24-3)12-20(23)26-5-2/h8-9,11,16-17H,4-7,10,12-14,21H2,1-3H3. The zero-order chi connectivity index (χ0) is 18.9. The molecule has 2 rings (SSSR count). The van der Waals surface area contributed by atoms with Gasteiger partial charge in [-0.25, -0.2) is 0 Å². The number of nitrogens with two attached hydrogens (primary N) is 1. The molecule has 0 amide bonds. The quantitative estimate of drug-likeness (QED) is 0.536. The van der Waals surface area contributed by atoms with Crippen molar-refractivity contribution in [2.45, 2.75) is 45.1 Å². The van der Waals surface area contributed by atoms with E-state index in [9.17, 15) is 4.79 Å². The zero-order valence-electron chi connectivity index (χ0n) is 16.2. The van der Waals surface area contributed by atoms with Gasteiger partial charge < -0.3 is 24.8 Å². The van der Waals surface area contributed by atoms with Crippen LogP contribution in [0.5, 0.6) is 0 Å². The lowest BCUT2D eigenvalue weighted by molar-refractivity contribution is -0.143. The van der Waals surface area contributed by atoms with Gasteiger partial charge in [-0.05, 0) is 44.4 Å². The van der Waals surface area contributed by atoms with Crippen LogP contribution in [0.15, 0.2) is 18.2 Å². The molecule has 1 aromatic rings. The first-order valence-electron chi connectivity index (χ1n) is 9.49. The SMILES string of the molecule is CCOC(=O)CC(COC)c1ccc(N(CC)C2CCCOC2)c(N)c1. The highest BCUT2D eigenvalue weighted by atomic mass is 16.5. The Morgan fingerprint density at radius 2 is 2.23 bits per heavy atom. The Morgan fingerprint density at radius 1 is 1.42 bits per heavy atom. The van der Waals surface area contributed by atoms with Crippen molar-refractivity contribution in [2.75, 3.05) is 50.7 Å². The summed E-state index contributed by atoms with van der Waals surface area (Å²) in [5.41, 5.74) is 9.13. The molecule has 1 fully saturated rings. The maximum Gasteiger partial charge on any atom is 0.306 e. The van der Waals surface area contributed by atoms with E-state index in [-0.39, 0.29) is 18.3 Å². The monoisotopic (exact) mass is 364 g/mol.